The fourth-order valence-electron chi connectivity index (χ4n) is 0.472. The monoisotopic (exact) mass is 122 g/mol. The van der Waals surface area contributed by atoms with Gasteiger partial charge >= 0.3 is 0 Å². The first-order valence-electron chi connectivity index (χ1n) is 2.35. The van der Waals surface area contributed by atoms with Gasteiger partial charge in [0.1, 0.15) is 5.75 Å². The fraction of sp³-hybridized carbons (Fsp3) is 0. The van der Waals surface area contributed by atoms with Gasteiger partial charge in [0.25, 0.3) is 0 Å². The maximum Gasteiger partial charge on any atom is 0.237 e. The number of aromatic hydroxyl groups is 1. The van der Waals surface area contributed by atoms with Crippen LogP contribution in [0.3, 0.4) is 0 Å². The molecule has 45 valence electrons. The zero-order chi connectivity index (χ0) is 6.69. The first kappa shape index (κ1) is 5.75. The summed E-state index contributed by atoms with van der Waals surface area (Å²) in [5.74, 6) is -0.132. The van der Waals surface area contributed by atoms with Crippen LogP contribution in [0.15, 0.2) is 18.5 Å². The fourth-order valence-corrected chi connectivity index (χ4v) is 0.472. The molecule has 1 rings (SSSR count). The maximum absolute atomic E-state index is 9.91. The van der Waals surface area contributed by atoms with Crippen molar-refractivity contribution in [2.24, 2.45) is 0 Å². The third kappa shape index (κ3) is 1.05. The summed E-state index contributed by atoms with van der Waals surface area (Å²) >= 11 is 0. The highest BCUT2D eigenvalue weighted by Gasteiger charge is 1.95. The summed E-state index contributed by atoms with van der Waals surface area (Å²) in [7, 11) is 0. The van der Waals surface area contributed by atoms with E-state index in [0.717, 1.165) is 0 Å². The van der Waals surface area contributed by atoms with Crippen LogP contribution in [0.2, 0.25) is 0 Å². The summed E-state index contributed by atoms with van der Waals surface area (Å²) in [6.07, 6.45) is 4.17. The molecule has 0 fully saturated rings. The van der Waals surface area contributed by atoms with Gasteiger partial charge in [0.2, 0.25) is 6.29 Å². The SMILES string of the molecule is O=[C]c1ccncc1O. The number of rotatable bonds is 1. The molecule has 0 aliphatic carbocycles. The molecule has 0 atom stereocenters. The van der Waals surface area contributed by atoms with Crippen LogP contribution in [-0.2, 0) is 4.79 Å². The van der Waals surface area contributed by atoms with Crippen LogP contribution < -0.4 is 0 Å². The second-order valence-electron chi connectivity index (χ2n) is 1.49. The molecule has 0 saturated heterocycles. The van der Waals surface area contributed by atoms with Crippen molar-refractivity contribution in [2.45, 2.75) is 0 Å². The van der Waals surface area contributed by atoms with E-state index in [2.05, 4.69) is 4.98 Å². The van der Waals surface area contributed by atoms with Crippen molar-refractivity contribution in [3.8, 4) is 5.75 Å². The Morgan fingerprint density at radius 3 is 2.89 bits per heavy atom. The Kier molecular flexibility index (Phi) is 1.44. The van der Waals surface area contributed by atoms with Crippen LogP contribution in [0.4, 0.5) is 0 Å². The van der Waals surface area contributed by atoms with E-state index in [0.29, 0.717) is 0 Å². The van der Waals surface area contributed by atoms with Gasteiger partial charge in [0.15, 0.2) is 0 Å². The van der Waals surface area contributed by atoms with Gasteiger partial charge in [0.05, 0.1) is 11.8 Å². The number of hydrogen-bond acceptors (Lipinski definition) is 3. The third-order valence-corrected chi connectivity index (χ3v) is 0.910. The second-order valence-corrected chi connectivity index (χ2v) is 1.49. The molecule has 1 aromatic rings. The molecule has 1 N–H and O–H groups in total. The molecule has 0 amide bonds. The minimum atomic E-state index is -0.132. The second kappa shape index (κ2) is 2.26. The molecule has 0 saturated carbocycles. The molecular weight excluding hydrogens is 118 g/mol. The first-order chi connectivity index (χ1) is 4.34. The molecule has 0 bridgehead atoms. The Hall–Kier alpha value is -1.38. The predicted molar refractivity (Wildman–Crippen MR) is 30.7 cm³/mol. The molecule has 0 aliphatic heterocycles. The highest BCUT2D eigenvalue weighted by Crippen LogP contribution is 2.09. The molecular formula is C6H4NO2. The summed E-state index contributed by atoms with van der Waals surface area (Å²) in [6, 6.07) is 1.39. The number of aromatic nitrogens is 1. The molecule has 3 heteroatoms. The van der Waals surface area contributed by atoms with Gasteiger partial charge in [0, 0.05) is 6.20 Å². The summed E-state index contributed by atoms with van der Waals surface area (Å²) in [5.41, 5.74) is 0.144. The Balaban J connectivity index is 3.15. The van der Waals surface area contributed by atoms with Crippen LogP contribution >= 0.6 is 0 Å². The van der Waals surface area contributed by atoms with E-state index in [1.165, 1.54) is 18.5 Å². The lowest BCUT2D eigenvalue weighted by molar-refractivity contribution is 0.469. The van der Waals surface area contributed by atoms with Gasteiger partial charge in [-0.25, -0.2) is 0 Å². The van der Waals surface area contributed by atoms with E-state index in [9.17, 15) is 4.79 Å². The van der Waals surface area contributed by atoms with Crippen LogP contribution in [-0.4, -0.2) is 16.4 Å². The van der Waals surface area contributed by atoms with Gasteiger partial charge in [-0.05, 0) is 6.07 Å². The van der Waals surface area contributed by atoms with Crippen molar-refractivity contribution >= 4 is 6.29 Å². The number of nitrogens with zero attached hydrogens (tertiary/aromatic N) is 1. The van der Waals surface area contributed by atoms with Gasteiger partial charge in [-0.3, -0.25) is 9.78 Å². The molecule has 1 aromatic heterocycles. The molecule has 1 heterocycles. The molecule has 1 radical (unpaired) electrons. The number of hydrogen-bond donors (Lipinski definition) is 1. The van der Waals surface area contributed by atoms with Crippen molar-refractivity contribution in [1.82, 2.24) is 4.98 Å². The van der Waals surface area contributed by atoms with E-state index >= 15 is 0 Å². The lowest BCUT2D eigenvalue weighted by atomic mass is 10.3. The first-order valence-corrected chi connectivity index (χ1v) is 2.35. The Morgan fingerprint density at radius 2 is 2.44 bits per heavy atom. The van der Waals surface area contributed by atoms with Crippen molar-refractivity contribution in [3.63, 3.8) is 0 Å². The average molecular weight is 122 g/mol. The molecule has 3 nitrogen and oxygen atoms in total. The highest BCUT2D eigenvalue weighted by atomic mass is 16.3. The molecule has 0 unspecified atom stereocenters. The summed E-state index contributed by atoms with van der Waals surface area (Å²) in [4.78, 5) is 13.5. The average Bonchev–Trinajstić information content (AvgIpc) is 1.89. The standard InChI is InChI=1S/C6H4NO2/c8-4-5-1-2-7-3-6(5)9/h1-3,9H. The highest BCUT2D eigenvalue weighted by molar-refractivity contribution is 5.78. The smallest absolute Gasteiger partial charge is 0.237 e. The maximum atomic E-state index is 9.91. The normalized spacial score (nSPS) is 8.89. The number of carbonyl (C=O) groups excluding carboxylic acids is 1. The van der Waals surface area contributed by atoms with E-state index < -0.39 is 0 Å². The zero-order valence-corrected chi connectivity index (χ0v) is 4.53. The predicted octanol–water partition coefficient (Wildman–Crippen LogP) is 0.245. The molecule has 0 aliphatic rings. The van der Waals surface area contributed by atoms with Crippen molar-refractivity contribution in [2.75, 3.05) is 0 Å². The quantitative estimate of drug-likeness (QED) is 0.580. The Morgan fingerprint density at radius 1 is 1.67 bits per heavy atom. The van der Waals surface area contributed by atoms with Crippen LogP contribution in [0, 0.1) is 0 Å². The molecule has 0 aromatic carbocycles. The van der Waals surface area contributed by atoms with E-state index in [1.54, 1.807) is 6.29 Å². The van der Waals surface area contributed by atoms with Gasteiger partial charge in [-0.1, -0.05) is 0 Å². The topological polar surface area (TPSA) is 50.2 Å². The Bertz CT molecular complexity index is 222. The van der Waals surface area contributed by atoms with Crippen LogP contribution in [0.1, 0.15) is 5.56 Å². The summed E-state index contributed by atoms with van der Waals surface area (Å²) in [5, 5.41) is 8.79. The van der Waals surface area contributed by atoms with Gasteiger partial charge < -0.3 is 5.11 Å². The largest absolute Gasteiger partial charge is 0.506 e. The lowest BCUT2D eigenvalue weighted by Gasteiger charge is -1.89. The van der Waals surface area contributed by atoms with E-state index in [1.807, 2.05) is 0 Å². The third-order valence-electron chi connectivity index (χ3n) is 0.910. The van der Waals surface area contributed by atoms with Crippen molar-refractivity contribution < 1.29 is 9.90 Å². The van der Waals surface area contributed by atoms with Crippen molar-refractivity contribution in [1.29, 1.82) is 0 Å². The lowest BCUT2D eigenvalue weighted by Crippen LogP contribution is -1.80. The minimum Gasteiger partial charge on any atom is -0.506 e. The van der Waals surface area contributed by atoms with E-state index in [4.69, 9.17) is 5.11 Å². The molecule has 9 heavy (non-hydrogen) atoms. The van der Waals surface area contributed by atoms with Crippen LogP contribution in [0.25, 0.3) is 0 Å². The number of pyridine rings is 1. The van der Waals surface area contributed by atoms with E-state index in [-0.39, 0.29) is 11.3 Å². The van der Waals surface area contributed by atoms with Crippen LogP contribution in [0.5, 0.6) is 5.75 Å². The summed E-state index contributed by atoms with van der Waals surface area (Å²) < 4.78 is 0. The van der Waals surface area contributed by atoms with Gasteiger partial charge in [-0.15, -0.1) is 0 Å². The Labute approximate surface area is 52.0 Å². The minimum absolute atomic E-state index is 0.132. The van der Waals surface area contributed by atoms with Gasteiger partial charge in [-0.2, -0.15) is 0 Å². The molecule has 0 spiro atoms. The zero-order valence-electron chi connectivity index (χ0n) is 4.53. The van der Waals surface area contributed by atoms with Crippen molar-refractivity contribution in [3.05, 3.63) is 24.0 Å². The summed E-state index contributed by atoms with van der Waals surface area (Å²) in [6.45, 7) is 0.